The first-order valence-corrected chi connectivity index (χ1v) is 13.5. The predicted octanol–water partition coefficient (Wildman–Crippen LogP) is 5.79. The van der Waals surface area contributed by atoms with Crippen LogP contribution >= 0.6 is 11.6 Å². The number of para-hydroxylation sites is 1. The average molecular weight is 575 g/mol. The molecule has 0 fully saturated rings. The van der Waals surface area contributed by atoms with Crippen LogP contribution in [-0.2, 0) is 16.0 Å². The summed E-state index contributed by atoms with van der Waals surface area (Å²) < 4.78 is 34.7. The molecule has 1 atom stereocenters. The summed E-state index contributed by atoms with van der Waals surface area (Å²) in [6.07, 6.45) is 2.19. The maximum absolute atomic E-state index is 14.8. The van der Waals surface area contributed by atoms with Crippen molar-refractivity contribution in [3.63, 3.8) is 0 Å². The largest absolute Gasteiger partial charge is 0.464 e. The second kappa shape index (κ2) is 11.1. The highest BCUT2D eigenvalue weighted by molar-refractivity contribution is 6.31. The van der Waals surface area contributed by atoms with Gasteiger partial charge in [0.05, 0.1) is 24.5 Å². The van der Waals surface area contributed by atoms with Crippen LogP contribution in [0.1, 0.15) is 18.1 Å². The minimum atomic E-state index is -0.658. The molecule has 6 rings (SSSR count). The van der Waals surface area contributed by atoms with E-state index in [4.69, 9.17) is 21.3 Å². The number of fused-ring (bicyclic) bond motifs is 3. The van der Waals surface area contributed by atoms with E-state index >= 15 is 0 Å². The molecule has 0 amide bonds. The third-order valence-corrected chi connectivity index (χ3v) is 7.15. The Bertz CT molecular complexity index is 1640. The lowest BCUT2D eigenvalue weighted by Gasteiger charge is -2.26. The van der Waals surface area contributed by atoms with Gasteiger partial charge in [-0.1, -0.05) is 17.7 Å². The molecule has 1 aromatic heterocycles. The number of rotatable bonds is 6. The van der Waals surface area contributed by atoms with Crippen molar-refractivity contribution in [1.82, 2.24) is 15.3 Å². The molecule has 2 N–H and O–H groups in total. The van der Waals surface area contributed by atoms with Crippen LogP contribution < -0.4 is 15.5 Å². The second-order valence-electron chi connectivity index (χ2n) is 9.54. The van der Waals surface area contributed by atoms with Gasteiger partial charge in [0.2, 0.25) is 5.95 Å². The number of amidine groups is 1. The molecule has 0 aliphatic carbocycles. The summed E-state index contributed by atoms with van der Waals surface area (Å²) in [4.78, 5) is 27.3. The Hall–Kier alpha value is -4.57. The number of aliphatic imine (C=N–C) groups is 1. The zero-order chi connectivity index (χ0) is 28.5. The van der Waals surface area contributed by atoms with Gasteiger partial charge in [-0.3, -0.25) is 4.99 Å². The molecule has 11 heteroatoms. The third-order valence-electron chi connectivity index (χ3n) is 6.91. The molecule has 4 aromatic rings. The Morgan fingerprint density at radius 1 is 1.15 bits per heavy atom. The van der Waals surface area contributed by atoms with Gasteiger partial charge in [-0.05, 0) is 73.5 Å². The molecule has 0 saturated carbocycles. The molecule has 1 unspecified atom stereocenters. The number of esters is 1. The van der Waals surface area contributed by atoms with Crippen molar-refractivity contribution in [1.29, 1.82) is 0 Å². The Morgan fingerprint density at radius 3 is 2.68 bits per heavy atom. The zero-order valence-corrected chi connectivity index (χ0v) is 22.8. The number of anilines is 4. The third kappa shape index (κ3) is 5.30. The monoisotopic (exact) mass is 574 g/mol. The Kier molecular flexibility index (Phi) is 7.23. The Morgan fingerprint density at radius 2 is 1.93 bits per heavy atom. The van der Waals surface area contributed by atoms with E-state index in [9.17, 15) is 13.6 Å². The number of nitrogens with zero attached hydrogens (tertiary/aromatic N) is 4. The number of carbonyl (C=O) groups excluding carboxylic acids is 1. The van der Waals surface area contributed by atoms with Gasteiger partial charge in [0.15, 0.2) is 0 Å². The fourth-order valence-electron chi connectivity index (χ4n) is 4.97. The maximum atomic E-state index is 14.8. The van der Waals surface area contributed by atoms with Gasteiger partial charge in [-0.15, -0.1) is 0 Å². The van der Waals surface area contributed by atoms with E-state index in [0.29, 0.717) is 59.9 Å². The van der Waals surface area contributed by atoms with Crippen molar-refractivity contribution < 1.29 is 18.3 Å². The number of carbonyl (C=O) groups is 1. The summed E-state index contributed by atoms with van der Waals surface area (Å²) in [5.74, 6) is -0.651. The number of halogens is 3. The average Bonchev–Trinajstić information content (AvgIpc) is 3.41. The highest BCUT2D eigenvalue weighted by atomic mass is 35.5. The van der Waals surface area contributed by atoms with E-state index < -0.39 is 17.7 Å². The lowest BCUT2D eigenvalue weighted by Crippen LogP contribution is -2.38. The van der Waals surface area contributed by atoms with Crippen molar-refractivity contribution in [2.75, 3.05) is 29.9 Å². The first kappa shape index (κ1) is 26.6. The first-order valence-electron chi connectivity index (χ1n) is 13.1. The number of ether oxygens (including phenoxy) is 1. The number of aromatic nitrogens is 2. The fraction of sp³-hybridized carbons (Fsp3) is 0.200. The smallest absolute Gasteiger partial charge is 0.330 e. The number of hydrogen-bond acceptors (Lipinski definition) is 8. The van der Waals surface area contributed by atoms with Crippen LogP contribution in [0.5, 0.6) is 0 Å². The predicted molar refractivity (Wildman–Crippen MR) is 154 cm³/mol. The zero-order valence-electron chi connectivity index (χ0n) is 22.0. The molecule has 3 heterocycles. The van der Waals surface area contributed by atoms with Crippen molar-refractivity contribution in [2.24, 2.45) is 4.99 Å². The van der Waals surface area contributed by atoms with Crippen molar-refractivity contribution in [2.45, 2.75) is 19.4 Å². The fourth-order valence-corrected chi connectivity index (χ4v) is 5.14. The molecule has 0 spiro atoms. The highest BCUT2D eigenvalue weighted by Gasteiger charge is 2.28. The summed E-state index contributed by atoms with van der Waals surface area (Å²) >= 11 is 6.33. The van der Waals surface area contributed by atoms with Gasteiger partial charge >= 0.3 is 5.97 Å². The van der Waals surface area contributed by atoms with Gasteiger partial charge < -0.3 is 20.3 Å². The molecule has 208 valence electrons. The van der Waals surface area contributed by atoms with Crippen molar-refractivity contribution in [3.05, 3.63) is 94.6 Å². The summed E-state index contributed by atoms with van der Waals surface area (Å²) in [6.45, 7) is 2.72. The number of nitrogens with one attached hydrogen (secondary N) is 2. The van der Waals surface area contributed by atoms with Crippen LogP contribution in [0.3, 0.4) is 0 Å². The maximum Gasteiger partial charge on any atom is 0.330 e. The number of hydrogen-bond donors (Lipinski definition) is 2. The van der Waals surface area contributed by atoms with Gasteiger partial charge in [0.1, 0.15) is 29.2 Å². The van der Waals surface area contributed by atoms with E-state index in [1.807, 2.05) is 24.3 Å². The molecule has 3 aromatic carbocycles. The van der Waals surface area contributed by atoms with E-state index in [1.54, 1.807) is 36.2 Å². The van der Waals surface area contributed by atoms with Gasteiger partial charge in [-0.2, -0.15) is 0 Å². The molecule has 0 bridgehead atoms. The summed E-state index contributed by atoms with van der Waals surface area (Å²) in [5.41, 5.74) is 4.18. The van der Waals surface area contributed by atoms with Gasteiger partial charge in [0.25, 0.3) is 0 Å². The topological polar surface area (TPSA) is 91.7 Å². The minimum absolute atomic E-state index is 0.134. The Balaban J connectivity index is 1.26. The lowest BCUT2D eigenvalue weighted by atomic mass is 10.0. The first-order chi connectivity index (χ1) is 19.9. The van der Waals surface area contributed by atoms with Crippen LogP contribution in [0.15, 0.2) is 71.9 Å². The number of benzene rings is 3. The van der Waals surface area contributed by atoms with E-state index in [1.165, 1.54) is 18.2 Å². The summed E-state index contributed by atoms with van der Waals surface area (Å²) in [7, 11) is 0. The SMILES string of the molecule is CCOC(=O)C1CN=C(c2ccc(Nc3ncc4c(n3)-c3ccc(Cl)cc3N(c3c(F)cccc3F)CC4)cc2)N1. The standard InChI is InChI=1S/C30H25ClF2N6O2/c1-2-41-29(40)24-16-34-28(37-24)17-6-9-20(10-7-17)36-30-35-15-18-12-13-39(27-22(32)4-3-5-23(27)33)25-14-19(31)8-11-21(25)26(18)38-30/h3-11,14-15,24H,2,12-13,16H2,1H3,(H,34,37)(H,35,36,38). The van der Waals surface area contributed by atoms with Gasteiger partial charge in [-0.25, -0.2) is 23.5 Å². The normalized spacial score (nSPS) is 15.8. The van der Waals surface area contributed by atoms with Crippen LogP contribution in [-0.4, -0.2) is 47.5 Å². The molecule has 0 saturated heterocycles. The molecular formula is C30H25ClF2N6O2. The molecule has 2 aliphatic rings. The second-order valence-corrected chi connectivity index (χ2v) is 9.98. The van der Waals surface area contributed by atoms with Crippen LogP contribution in [0, 0.1) is 11.6 Å². The van der Waals surface area contributed by atoms with Crippen LogP contribution in [0.4, 0.5) is 31.8 Å². The van der Waals surface area contributed by atoms with Crippen LogP contribution in [0.2, 0.25) is 5.02 Å². The summed E-state index contributed by atoms with van der Waals surface area (Å²) in [5, 5.41) is 6.77. The quantitative estimate of drug-likeness (QED) is 0.281. The lowest BCUT2D eigenvalue weighted by molar-refractivity contribution is -0.144. The summed E-state index contributed by atoms with van der Waals surface area (Å²) in [6, 6.07) is 16.0. The van der Waals surface area contributed by atoms with E-state index in [0.717, 1.165) is 16.8 Å². The molecule has 0 radical (unpaired) electrons. The Labute approximate surface area is 240 Å². The molecular weight excluding hydrogens is 550 g/mol. The molecule has 2 aliphatic heterocycles. The molecule has 41 heavy (non-hydrogen) atoms. The minimum Gasteiger partial charge on any atom is -0.464 e. The van der Waals surface area contributed by atoms with Crippen molar-refractivity contribution in [3.8, 4) is 11.3 Å². The highest BCUT2D eigenvalue weighted by Crippen LogP contribution is 2.42. The van der Waals surface area contributed by atoms with Gasteiger partial charge in [0, 0.05) is 34.6 Å². The molecule has 8 nitrogen and oxygen atoms in total. The van der Waals surface area contributed by atoms with Crippen LogP contribution in [0.25, 0.3) is 11.3 Å². The van der Waals surface area contributed by atoms with E-state index in [2.05, 4.69) is 20.6 Å². The van der Waals surface area contributed by atoms with E-state index in [-0.39, 0.29) is 11.7 Å². The van der Waals surface area contributed by atoms with Crippen molar-refractivity contribution >= 4 is 46.4 Å².